The van der Waals surface area contributed by atoms with Gasteiger partial charge in [0.25, 0.3) is 0 Å². The Balaban J connectivity index is 0.000000561. The van der Waals surface area contributed by atoms with E-state index >= 15 is 0 Å². The number of nitrogens with zero attached hydrogens (tertiary/aromatic N) is 2. The van der Waals surface area contributed by atoms with E-state index in [0.29, 0.717) is 5.84 Å². The molecule has 1 rings (SSSR count). The highest BCUT2D eigenvalue weighted by Crippen LogP contribution is 1.90. The van der Waals surface area contributed by atoms with Crippen LogP contribution in [0.1, 0.15) is 19.5 Å². The lowest BCUT2D eigenvalue weighted by atomic mass is 10.3. The van der Waals surface area contributed by atoms with Crippen LogP contribution in [0.5, 0.6) is 0 Å². The Kier molecular flexibility index (Phi) is 5.61. The number of amidine groups is 1. The highest BCUT2D eigenvalue weighted by atomic mass is 14.9. The van der Waals surface area contributed by atoms with Crippen molar-refractivity contribution >= 4 is 5.84 Å². The summed E-state index contributed by atoms with van der Waals surface area (Å²) < 4.78 is 0. The monoisotopic (exact) mass is 165 g/mol. The quantitative estimate of drug-likeness (QED) is 0.505. The summed E-state index contributed by atoms with van der Waals surface area (Å²) in [5.41, 5.74) is 6.21. The third-order valence-electron chi connectivity index (χ3n) is 1.17. The average Bonchev–Trinajstić information content (AvgIpc) is 2.21. The first-order chi connectivity index (χ1) is 5.84. The molecule has 0 bridgehead atoms. The highest BCUT2D eigenvalue weighted by Gasteiger charge is 1.93. The summed E-state index contributed by atoms with van der Waals surface area (Å²) in [6.07, 6.45) is 1.69. The minimum Gasteiger partial charge on any atom is -0.382 e. The molecule has 1 heterocycles. The summed E-state index contributed by atoms with van der Waals surface area (Å²) in [6.45, 7) is 4.00. The fourth-order valence-corrected chi connectivity index (χ4v) is 0.629. The highest BCUT2D eigenvalue weighted by molar-refractivity contribution is 5.95. The molecule has 0 aliphatic rings. The Hall–Kier alpha value is -1.38. The van der Waals surface area contributed by atoms with Crippen LogP contribution in [-0.2, 0) is 0 Å². The molecule has 0 saturated carbocycles. The minimum absolute atomic E-state index is 0.473. The van der Waals surface area contributed by atoms with E-state index in [0.717, 1.165) is 5.69 Å². The molecule has 12 heavy (non-hydrogen) atoms. The topological polar surface area (TPSA) is 51.3 Å². The van der Waals surface area contributed by atoms with Crippen molar-refractivity contribution in [3.05, 3.63) is 30.1 Å². The molecule has 0 aliphatic heterocycles. The fraction of sp³-hybridized carbons (Fsp3) is 0.333. The van der Waals surface area contributed by atoms with Gasteiger partial charge in [-0.2, -0.15) is 0 Å². The lowest BCUT2D eigenvalue weighted by Crippen LogP contribution is -2.14. The van der Waals surface area contributed by atoms with Crippen LogP contribution in [0.15, 0.2) is 29.4 Å². The normalized spacial score (nSPS) is 10.1. The van der Waals surface area contributed by atoms with Crippen LogP contribution in [0.2, 0.25) is 0 Å². The molecule has 66 valence electrons. The van der Waals surface area contributed by atoms with E-state index in [9.17, 15) is 0 Å². The van der Waals surface area contributed by atoms with Gasteiger partial charge in [-0.05, 0) is 12.1 Å². The number of hydrogen-bond donors (Lipinski definition) is 1. The Morgan fingerprint density at radius 2 is 2.08 bits per heavy atom. The Bertz CT molecular complexity index is 229. The van der Waals surface area contributed by atoms with Crippen LogP contribution in [0.4, 0.5) is 0 Å². The summed E-state index contributed by atoms with van der Waals surface area (Å²) in [5, 5.41) is 0. The molecule has 0 aromatic carbocycles. The van der Waals surface area contributed by atoms with Gasteiger partial charge in [0, 0.05) is 13.2 Å². The second kappa shape index (κ2) is 6.34. The van der Waals surface area contributed by atoms with Gasteiger partial charge < -0.3 is 5.73 Å². The molecule has 2 N–H and O–H groups in total. The van der Waals surface area contributed by atoms with Gasteiger partial charge in [-0.15, -0.1) is 0 Å². The molecular weight excluding hydrogens is 150 g/mol. The predicted molar refractivity (Wildman–Crippen MR) is 52.2 cm³/mol. The van der Waals surface area contributed by atoms with Crippen LogP contribution in [0.3, 0.4) is 0 Å². The van der Waals surface area contributed by atoms with Gasteiger partial charge in [0.1, 0.15) is 11.5 Å². The summed E-state index contributed by atoms with van der Waals surface area (Å²) in [6, 6.07) is 5.54. The summed E-state index contributed by atoms with van der Waals surface area (Å²) in [4.78, 5) is 7.78. The molecule has 3 nitrogen and oxygen atoms in total. The minimum atomic E-state index is 0.473. The van der Waals surface area contributed by atoms with Gasteiger partial charge in [-0.25, -0.2) is 0 Å². The number of hydrogen-bond acceptors (Lipinski definition) is 2. The predicted octanol–water partition coefficient (Wildman–Crippen LogP) is 1.44. The maximum atomic E-state index is 5.48. The first kappa shape index (κ1) is 10.6. The smallest absolute Gasteiger partial charge is 0.144 e. The van der Waals surface area contributed by atoms with Crippen LogP contribution < -0.4 is 5.73 Å². The maximum Gasteiger partial charge on any atom is 0.144 e. The van der Waals surface area contributed by atoms with E-state index in [4.69, 9.17) is 5.73 Å². The number of nitrogens with two attached hydrogens (primary N) is 1. The molecule has 0 unspecified atom stereocenters. The molecule has 0 radical (unpaired) electrons. The molecule has 0 aliphatic carbocycles. The van der Waals surface area contributed by atoms with Crippen molar-refractivity contribution < 1.29 is 0 Å². The summed E-state index contributed by atoms with van der Waals surface area (Å²) in [7, 11) is 1.64. The van der Waals surface area contributed by atoms with Crippen molar-refractivity contribution in [2.75, 3.05) is 7.05 Å². The first-order valence-corrected chi connectivity index (χ1v) is 3.98. The third-order valence-corrected chi connectivity index (χ3v) is 1.17. The van der Waals surface area contributed by atoms with Crippen molar-refractivity contribution in [2.45, 2.75) is 13.8 Å². The van der Waals surface area contributed by atoms with Crippen molar-refractivity contribution in [3.8, 4) is 0 Å². The molecule has 1 aromatic rings. The zero-order chi connectivity index (χ0) is 9.40. The van der Waals surface area contributed by atoms with Crippen molar-refractivity contribution in [3.63, 3.8) is 0 Å². The molecule has 0 saturated heterocycles. The van der Waals surface area contributed by atoms with Crippen LogP contribution in [0.25, 0.3) is 0 Å². The van der Waals surface area contributed by atoms with Gasteiger partial charge in [0.2, 0.25) is 0 Å². The zero-order valence-corrected chi connectivity index (χ0v) is 7.78. The van der Waals surface area contributed by atoms with E-state index in [1.807, 2.05) is 32.0 Å². The number of rotatable bonds is 1. The van der Waals surface area contributed by atoms with Crippen molar-refractivity contribution in [1.29, 1.82) is 0 Å². The lowest BCUT2D eigenvalue weighted by Gasteiger charge is -1.94. The first-order valence-electron chi connectivity index (χ1n) is 3.98. The average molecular weight is 165 g/mol. The number of aliphatic imine (C=N–C) groups is 1. The molecular formula is C9H15N3. The van der Waals surface area contributed by atoms with E-state index in [1.54, 1.807) is 13.2 Å². The standard InChI is InChI=1S/C7H9N3.C2H6/c1-9-7(8)6-4-2-3-5-10-6;1-2/h2-5H,1H3,(H2,8,9);1-2H3. The Morgan fingerprint density at radius 3 is 2.50 bits per heavy atom. The number of aromatic nitrogens is 1. The van der Waals surface area contributed by atoms with E-state index in [2.05, 4.69) is 9.98 Å². The molecule has 0 fully saturated rings. The van der Waals surface area contributed by atoms with Gasteiger partial charge >= 0.3 is 0 Å². The summed E-state index contributed by atoms with van der Waals surface area (Å²) >= 11 is 0. The zero-order valence-electron chi connectivity index (χ0n) is 7.78. The largest absolute Gasteiger partial charge is 0.382 e. The third kappa shape index (κ3) is 3.14. The molecule has 0 amide bonds. The SMILES string of the molecule is CC.CN=C(N)c1ccccn1. The Morgan fingerprint density at radius 1 is 1.42 bits per heavy atom. The Labute approximate surface area is 73.4 Å². The van der Waals surface area contributed by atoms with Gasteiger partial charge in [-0.1, -0.05) is 19.9 Å². The maximum absolute atomic E-state index is 5.48. The van der Waals surface area contributed by atoms with Crippen molar-refractivity contribution in [1.82, 2.24) is 4.98 Å². The van der Waals surface area contributed by atoms with Gasteiger partial charge in [0.15, 0.2) is 0 Å². The number of pyridine rings is 1. The van der Waals surface area contributed by atoms with Crippen LogP contribution in [-0.4, -0.2) is 17.9 Å². The molecule has 0 spiro atoms. The van der Waals surface area contributed by atoms with E-state index in [1.165, 1.54) is 0 Å². The second-order valence-corrected chi connectivity index (χ2v) is 1.82. The fourth-order valence-electron chi connectivity index (χ4n) is 0.629. The second-order valence-electron chi connectivity index (χ2n) is 1.82. The molecule has 3 heteroatoms. The van der Waals surface area contributed by atoms with Crippen LogP contribution in [0, 0.1) is 0 Å². The van der Waals surface area contributed by atoms with Gasteiger partial charge in [0.05, 0.1) is 0 Å². The molecule has 0 atom stereocenters. The van der Waals surface area contributed by atoms with E-state index in [-0.39, 0.29) is 0 Å². The van der Waals surface area contributed by atoms with E-state index < -0.39 is 0 Å². The van der Waals surface area contributed by atoms with Crippen molar-refractivity contribution in [2.24, 2.45) is 10.7 Å². The van der Waals surface area contributed by atoms with Crippen LogP contribution >= 0.6 is 0 Å². The molecule has 1 aromatic heterocycles. The lowest BCUT2D eigenvalue weighted by molar-refractivity contribution is 1.26. The van der Waals surface area contributed by atoms with Gasteiger partial charge in [-0.3, -0.25) is 9.98 Å². The summed E-state index contributed by atoms with van der Waals surface area (Å²) in [5.74, 6) is 0.473.